The Kier molecular flexibility index (Phi) is 5.53. The average Bonchev–Trinajstić information content (AvgIpc) is 2.65. The van der Waals surface area contributed by atoms with Gasteiger partial charge in [-0.25, -0.2) is 0 Å². The number of hydrogen-bond donors (Lipinski definition) is 1. The van der Waals surface area contributed by atoms with Crippen LogP contribution in [0.5, 0.6) is 0 Å². The summed E-state index contributed by atoms with van der Waals surface area (Å²) in [6, 6.07) is 2.21. The molecule has 2 atom stereocenters. The number of hydrogen-bond acceptors (Lipinski definition) is 2. The lowest BCUT2D eigenvalue weighted by molar-refractivity contribution is 0.00769. The molecule has 2 fully saturated rings. The second-order valence-corrected chi connectivity index (χ2v) is 8.48. The van der Waals surface area contributed by atoms with Gasteiger partial charge in [0, 0.05) is 31.2 Å². The normalized spacial score (nSPS) is 31.5. The summed E-state index contributed by atoms with van der Waals surface area (Å²) in [6.07, 6.45) is 8.65. The summed E-state index contributed by atoms with van der Waals surface area (Å²) in [5, 5.41) is 3.82. The predicted molar refractivity (Wildman–Crippen MR) is 88.1 cm³/mol. The zero-order valence-corrected chi connectivity index (χ0v) is 14.4. The van der Waals surface area contributed by atoms with Gasteiger partial charge in [-0.2, -0.15) is 0 Å². The molecule has 0 aromatic rings. The van der Waals surface area contributed by atoms with Crippen molar-refractivity contribution in [1.82, 2.24) is 10.2 Å². The van der Waals surface area contributed by atoms with Crippen LogP contribution in [0.2, 0.25) is 0 Å². The van der Waals surface area contributed by atoms with Crippen LogP contribution in [0.25, 0.3) is 0 Å². The van der Waals surface area contributed by atoms with Crippen LogP contribution in [0, 0.1) is 11.3 Å². The Hall–Kier alpha value is -0.0800. The average molecular weight is 280 g/mol. The van der Waals surface area contributed by atoms with Crippen molar-refractivity contribution in [3.8, 4) is 0 Å². The first-order chi connectivity index (χ1) is 9.39. The largest absolute Gasteiger partial charge is 0.311 e. The fourth-order valence-electron chi connectivity index (χ4n) is 4.04. The lowest BCUT2D eigenvalue weighted by atomic mass is 9.81. The maximum Gasteiger partial charge on any atom is 0.0272 e. The second-order valence-electron chi connectivity index (χ2n) is 8.48. The first kappa shape index (κ1) is 16.3. The van der Waals surface area contributed by atoms with Crippen LogP contribution in [0.4, 0.5) is 0 Å². The van der Waals surface area contributed by atoms with Crippen LogP contribution < -0.4 is 5.32 Å². The smallest absolute Gasteiger partial charge is 0.0272 e. The molecule has 1 saturated carbocycles. The van der Waals surface area contributed by atoms with Gasteiger partial charge in [0.05, 0.1) is 0 Å². The minimum Gasteiger partial charge on any atom is -0.311 e. The molecule has 0 spiro atoms. The summed E-state index contributed by atoms with van der Waals surface area (Å²) in [6.45, 7) is 14.4. The van der Waals surface area contributed by atoms with E-state index >= 15 is 0 Å². The third kappa shape index (κ3) is 3.98. The van der Waals surface area contributed by atoms with E-state index in [1.807, 2.05) is 0 Å². The fourth-order valence-corrected chi connectivity index (χ4v) is 4.04. The molecule has 118 valence electrons. The van der Waals surface area contributed by atoms with Crippen LogP contribution in [0.15, 0.2) is 0 Å². The highest BCUT2D eigenvalue weighted by atomic mass is 15.3. The standard InChI is InChI=1S/C18H36N2/c1-14(2)16-13-20(15-10-8-6-7-9-11-15)17(12-19-16)18(3,4)5/h14-17,19H,6-13H2,1-5H3. The molecular weight excluding hydrogens is 244 g/mol. The van der Waals surface area contributed by atoms with Gasteiger partial charge < -0.3 is 5.32 Å². The van der Waals surface area contributed by atoms with Crippen molar-refractivity contribution in [2.75, 3.05) is 13.1 Å². The van der Waals surface area contributed by atoms with Crippen LogP contribution in [0.1, 0.15) is 73.1 Å². The summed E-state index contributed by atoms with van der Waals surface area (Å²) in [5.41, 5.74) is 0.376. The lowest BCUT2D eigenvalue weighted by Crippen LogP contribution is -2.64. The number of rotatable bonds is 2. The lowest BCUT2D eigenvalue weighted by Gasteiger charge is -2.50. The van der Waals surface area contributed by atoms with Crippen LogP contribution in [-0.4, -0.2) is 36.1 Å². The van der Waals surface area contributed by atoms with Gasteiger partial charge in [0.25, 0.3) is 0 Å². The van der Waals surface area contributed by atoms with Gasteiger partial charge in [-0.3, -0.25) is 4.90 Å². The number of piperazine rings is 1. The van der Waals surface area contributed by atoms with Gasteiger partial charge >= 0.3 is 0 Å². The Morgan fingerprint density at radius 2 is 1.60 bits per heavy atom. The van der Waals surface area contributed by atoms with Gasteiger partial charge in [-0.05, 0) is 24.2 Å². The van der Waals surface area contributed by atoms with Gasteiger partial charge in [0.1, 0.15) is 0 Å². The Bertz CT molecular complexity index is 284. The quantitative estimate of drug-likeness (QED) is 0.768. The van der Waals surface area contributed by atoms with Gasteiger partial charge in [-0.15, -0.1) is 0 Å². The molecule has 2 heteroatoms. The van der Waals surface area contributed by atoms with E-state index in [4.69, 9.17) is 0 Å². The van der Waals surface area contributed by atoms with E-state index in [1.54, 1.807) is 0 Å². The van der Waals surface area contributed by atoms with Crippen molar-refractivity contribution < 1.29 is 0 Å². The molecule has 0 amide bonds. The zero-order chi connectivity index (χ0) is 14.8. The maximum atomic E-state index is 3.82. The summed E-state index contributed by atoms with van der Waals surface area (Å²) in [5.74, 6) is 0.740. The molecule has 0 aromatic heterocycles. The highest BCUT2D eigenvalue weighted by Gasteiger charge is 2.39. The second kappa shape index (κ2) is 6.79. The zero-order valence-electron chi connectivity index (χ0n) is 14.4. The van der Waals surface area contributed by atoms with E-state index < -0.39 is 0 Å². The van der Waals surface area contributed by atoms with Crippen molar-refractivity contribution in [3.63, 3.8) is 0 Å². The molecule has 2 rings (SSSR count). The molecule has 0 aromatic carbocycles. The minimum absolute atomic E-state index is 0.376. The summed E-state index contributed by atoms with van der Waals surface area (Å²) in [7, 11) is 0. The topological polar surface area (TPSA) is 15.3 Å². The first-order valence-electron chi connectivity index (χ1n) is 8.88. The monoisotopic (exact) mass is 280 g/mol. The molecule has 2 aliphatic rings. The van der Waals surface area contributed by atoms with E-state index in [0.29, 0.717) is 17.5 Å². The molecule has 1 N–H and O–H groups in total. The molecule has 1 saturated heterocycles. The minimum atomic E-state index is 0.376. The Labute approximate surface area is 126 Å². The summed E-state index contributed by atoms with van der Waals surface area (Å²) >= 11 is 0. The van der Waals surface area contributed by atoms with Crippen LogP contribution >= 0.6 is 0 Å². The maximum absolute atomic E-state index is 3.82. The third-order valence-corrected chi connectivity index (χ3v) is 5.48. The number of nitrogens with one attached hydrogen (secondary N) is 1. The number of nitrogens with zero attached hydrogens (tertiary/aromatic N) is 1. The van der Waals surface area contributed by atoms with Crippen LogP contribution in [0.3, 0.4) is 0 Å². The molecule has 1 aliphatic carbocycles. The molecule has 2 nitrogen and oxygen atoms in total. The van der Waals surface area contributed by atoms with E-state index in [0.717, 1.165) is 12.0 Å². The summed E-state index contributed by atoms with van der Waals surface area (Å²) < 4.78 is 0. The van der Waals surface area contributed by atoms with E-state index in [9.17, 15) is 0 Å². The molecule has 2 unspecified atom stereocenters. The Balaban J connectivity index is 2.12. The predicted octanol–water partition coefficient (Wildman–Crippen LogP) is 4.05. The Morgan fingerprint density at radius 3 is 2.10 bits per heavy atom. The molecule has 0 radical (unpaired) electrons. The van der Waals surface area contributed by atoms with Gasteiger partial charge in [-0.1, -0.05) is 60.3 Å². The van der Waals surface area contributed by atoms with Crippen molar-refractivity contribution in [1.29, 1.82) is 0 Å². The van der Waals surface area contributed by atoms with Gasteiger partial charge in [0.2, 0.25) is 0 Å². The summed E-state index contributed by atoms with van der Waals surface area (Å²) in [4.78, 5) is 2.90. The first-order valence-corrected chi connectivity index (χ1v) is 8.88. The Morgan fingerprint density at radius 1 is 1.00 bits per heavy atom. The van der Waals surface area contributed by atoms with Crippen molar-refractivity contribution >= 4 is 0 Å². The van der Waals surface area contributed by atoms with E-state index in [1.165, 1.54) is 51.6 Å². The fraction of sp³-hybridized carbons (Fsp3) is 1.00. The van der Waals surface area contributed by atoms with Crippen LogP contribution in [-0.2, 0) is 0 Å². The molecular formula is C18H36N2. The molecule has 0 bridgehead atoms. The van der Waals surface area contributed by atoms with Gasteiger partial charge in [0.15, 0.2) is 0 Å². The van der Waals surface area contributed by atoms with Crippen molar-refractivity contribution in [2.24, 2.45) is 11.3 Å². The van der Waals surface area contributed by atoms with Crippen molar-refractivity contribution in [3.05, 3.63) is 0 Å². The van der Waals surface area contributed by atoms with E-state index in [2.05, 4.69) is 44.8 Å². The molecule has 20 heavy (non-hydrogen) atoms. The highest BCUT2D eigenvalue weighted by Crippen LogP contribution is 2.33. The molecule has 1 aliphatic heterocycles. The third-order valence-electron chi connectivity index (χ3n) is 5.48. The SMILES string of the molecule is CC(C)C1CN(C2CCCCCC2)C(C(C)(C)C)CN1. The van der Waals surface area contributed by atoms with E-state index in [-0.39, 0.29) is 0 Å². The molecule has 1 heterocycles. The van der Waals surface area contributed by atoms with Crippen molar-refractivity contribution in [2.45, 2.75) is 91.3 Å². The highest BCUT2D eigenvalue weighted by molar-refractivity contribution is 4.96.